The Morgan fingerprint density at radius 2 is 2.00 bits per heavy atom. The number of Topliss-reactive ketones (excluding diaryl/α,β-unsaturated/α-hetero) is 1. The van der Waals surface area contributed by atoms with E-state index in [-0.39, 0.29) is 23.8 Å². The monoisotopic (exact) mass is 397 g/mol. The molecule has 1 aromatic carbocycles. The molecule has 0 fully saturated rings. The number of nitrogens with zero attached hydrogens (tertiary/aromatic N) is 3. The van der Waals surface area contributed by atoms with E-state index in [0.29, 0.717) is 23.2 Å². The van der Waals surface area contributed by atoms with Crippen molar-refractivity contribution in [3.05, 3.63) is 64.0 Å². The van der Waals surface area contributed by atoms with E-state index in [0.717, 1.165) is 10.7 Å². The normalized spacial score (nSPS) is 10.7. The number of ketones is 1. The summed E-state index contributed by atoms with van der Waals surface area (Å²) in [5.74, 6) is -0.722. The van der Waals surface area contributed by atoms with Crippen LogP contribution in [0.2, 0.25) is 0 Å². The van der Waals surface area contributed by atoms with Crippen LogP contribution < -0.4 is 4.90 Å². The molecule has 0 unspecified atom stereocenters. The second-order valence-electron chi connectivity index (χ2n) is 6.39. The number of halogens is 1. The zero-order valence-corrected chi connectivity index (χ0v) is 16.7. The van der Waals surface area contributed by atoms with Gasteiger partial charge in [-0.2, -0.15) is 0 Å². The fourth-order valence-corrected chi connectivity index (χ4v) is 3.53. The molecule has 0 aliphatic heterocycles. The second kappa shape index (κ2) is 8.39. The van der Waals surface area contributed by atoms with Gasteiger partial charge in [-0.05, 0) is 31.2 Å². The molecule has 2 heterocycles. The number of thiazole rings is 1. The molecule has 7 heteroatoms. The Labute approximate surface area is 166 Å². The zero-order valence-electron chi connectivity index (χ0n) is 15.9. The van der Waals surface area contributed by atoms with Crippen molar-refractivity contribution in [2.75, 3.05) is 11.9 Å². The molecule has 0 radical (unpaired) electrons. The number of aryl methyl sites for hydroxylation is 1. The van der Waals surface area contributed by atoms with Gasteiger partial charge < -0.3 is 4.90 Å². The van der Waals surface area contributed by atoms with E-state index in [1.165, 1.54) is 28.5 Å². The maximum atomic E-state index is 14.5. The quantitative estimate of drug-likeness (QED) is 0.577. The molecule has 5 nitrogen and oxygen atoms in total. The van der Waals surface area contributed by atoms with Crippen molar-refractivity contribution in [2.45, 2.75) is 26.7 Å². The Morgan fingerprint density at radius 3 is 2.57 bits per heavy atom. The third kappa shape index (κ3) is 4.31. The molecule has 28 heavy (non-hydrogen) atoms. The Bertz CT molecular complexity index is 1010. The molecule has 2 aromatic heterocycles. The number of hydrogen-bond donors (Lipinski definition) is 0. The summed E-state index contributed by atoms with van der Waals surface area (Å²) in [6.45, 7) is 3.62. The van der Waals surface area contributed by atoms with Gasteiger partial charge in [-0.3, -0.25) is 14.6 Å². The number of rotatable bonds is 6. The molecular formula is C21H20FN3O2S. The number of carbonyl (C=O) groups is 2. The van der Waals surface area contributed by atoms with Crippen molar-refractivity contribution in [3.63, 3.8) is 0 Å². The minimum atomic E-state index is -0.497. The molecule has 1 amide bonds. The van der Waals surface area contributed by atoms with E-state index in [1.807, 2.05) is 12.3 Å². The fourth-order valence-electron chi connectivity index (χ4n) is 2.76. The lowest BCUT2D eigenvalue weighted by molar-refractivity contribution is -0.118. The molecule has 0 aliphatic rings. The van der Waals surface area contributed by atoms with Crippen LogP contribution in [-0.2, 0) is 11.2 Å². The first-order chi connectivity index (χ1) is 13.4. The van der Waals surface area contributed by atoms with Gasteiger partial charge in [0.2, 0.25) is 5.91 Å². The number of hydrogen-bond acceptors (Lipinski definition) is 5. The van der Waals surface area contributed by atoms with Crippen LogP contribution in [0, 0.1) is 12.7 Å². The van der Waals surface area contributed by atoms with Gasteiger partial charge in [0.15, 0.2) is 5.78 Å². The minimum absolute atomic E-state index is 0.0605. The lowest BCUT2D eigenvalue weighted by Crippen LogP contribution is -2.25. The van der Waals surface area contributed by atoms with Crippen molar-refractivity contribution in [2.24, 2.45) is 0 Å². The summed E-state index contributed by atoms with van der Waals surface area (Å²) < 4.78 is 14.5. The van der Waals surface area contributed by atoms with Crippen LogP contribution >= 0.6 is 11.3 Å². The van der Waals surface area contributed by atoms with Gasteiger partial charge in [-0.25, -0.2) is 9.37 Å². The highest BCUT2D eigenvalue weighted by molar-refractivity contribution is 7.09. The number of anilines is 1. The van der Waals surface area contributed by atoms with Crippen molar-refractivity contribution >= 4 is 28.7 Å². The lowest BCUT2D eigenvalue weighted by Gasteiger charge is -2.17. The van der Waals surface area contributed by atoms with E-state index in [2.05, 4.69) is 9.97 Å². The van der Waals surface area contributed by atoms with Gasteiger partial charge in [-0.1, -0.05) is 13.0 Å². The summed E-state index contributed by atoms with van der Waals surface area (Å²) >= 11 is 1.46. The summed E-state index contributed by atoms with van der Waals surface area (Å²) in [4.78, 5) is 34.0. The van der Waals surface area contributed by atoms with Gasteiger partial charge in [0.05, 0.1) is 17.8 Å². The molecule has 0 saturated carbocycles. The smallest absolute Gasteiger partial charge is 0.226 e. The Morgan fingerprint density at radius 1 is 1.21 bits per heavy atom. The maximum absolute atomic E-state index is 14.5. The van der Waals surface area contributed by atoms with Crippen molar-refractivity contribution in [1.82, 2.24) is 9.97 Å². The average Bonchev–Trinajstić information content (AvgIpc) is 3.11. The first-order valence-electron chi connectivity index (χ1n) is 8.85. The first-order valence-corrected chi connectivity index (χ1v) is 9.73. The van der Waals surface area contributed by atoms with E-state index >= 15 is 0 Å². The zero-order chi connectivity index (χ0) is 20.3. The Balaban J connectivity index is 1.77. The van der Waals surface area contributed by atoms with Crippen LogP contribution in [0.25, 0.3) is 11.3 Å². The van der Waals surface area contributed by atoms with Crippen molar-refractivity contribution in [1.29, 1.82) is 0 Å². The van der Waals surface area contributed by atoms with Crippen LogP contribution in [-0.4, -0.2) is 28.7 Å². The molecule has 0 bridgehead atoms. The third-order valence-corrected chi connectivity index (χ3v) is 5.31. The predicted octanol–water partition coefficient (Wildman–Crippen LogP) is 4.45. The molecule has 3 aromatic rings. The van der Waals surface area contributed by atoms with Gasteiger partial charge in [0, 0.05) is 41.9 Å². The molecule has 0 aliphatic carbocycles. The Kier molecular flexibility index (Phi) is 5.94. The molecule has 144 valence electrons. The average molecular weight is 397 g/mol. The Hall–Kier alpha value is -2.93. The standard InChI is InChI=1S/C21H20FN3O2S/c1-4-21(27)25(3)18-8-6-14(9-16(18)22)17-7-5-15(11-23-17)19(26)10-20-24-13(2)12-28-20/h5-9,11-12H,4,10H2,1-3H3. The summed E-state index contributed by atoms with van der Waals surface area (Å²) in [5.41, 5.74) is 2.74. The van der Waals surface area contributed by atoms with Crippen LogP contribution in [0.1, 0.15) is 34.4 Å². The van der Waals surface area contributed by atoms with Crippen LogP contribution in [0.15, 0.2) is 41.9 Å². The largest absolute Gasteiger partial charge is 0.313 e. The number of benzene rings is 1. The van der Waals surface area contributed by atoms with Gasteiger partial charge in [0.25, 0.3) is 0 Å². The number of aromatic nitrogens is 2. The van der Waals surface area contributed by atoms with Crippen LogP contribution in [0.3, 0.4) is 0 Å². The molecule has 0 saturated heterocycles. The third-order valence-electron chi connectivity index (χ3n) is 4.35. The van der Waals surface area contributed by atoms with E-state index < -0.39 is 5.82 Å². The summed E-state index contributed by atoms with van der Waals surface area (Å²) in [5, 5.41) is 2.68. The van der Waals surface area contributed by atoms with Gasteiger partial charge >= 0.3 is 0 Å². The van der Waals surface area contributed by atoms with Crippen molar-refractivity contribution < 1.29 is 14.0 Å². The molecule has 3 rings (SSSR count). The van der Waals surface area contributed by atoms with Crippen LogP contribution in [0.5, 0.6) is 0 Å². The molecular weight excluding hydrogens is 377 g/mol. The number of pyridine rings is 1. The van der Waals surface area contributed by atoms with Gasteiger partial charge in [-0.15, -0.1) is 11.3 Å². The lowest BCUT2D eigenvalue weighted by atomic mass is 10.1. The second-order valence-corrected chi connectivity index (χ2v) is 7.33. The highest BCUT2D eigenvalue weighted by Gasteiger charge is 2.15. The fraction of sp³-hybridized carbons (Fsp3) is 0.238. The number of carbonyl (C=O) groups excluding carboxylic acids is 2. The maximum Gasteiger partial charge on any atom is 0.226 e. The van der Waals surface area contributed by atoms with Crippen molar-refractivity contribution in [3.8, 4) is 11.3 Å². The SMILES string of the molecule is CCC(=O)N(C)c1ccc(-c2ccc(C(=O)Cc3nc(C)cs3)cn2)cc1F. The predicted molar refractivity (Wildman–Crippen MR) is 108 cm³/mol. The van der Waals surface area contributed by atoms with E-state index in [1.54, 1.807) is 38.2 Å². The summed E-state index contributed by atoms with van der Waals surface area (Å²) in [6.07, 6.45) is 2.03. The molecule has 0 spiro atoms. The van der Waals surface area contributed by atoms with E-state index in [4.69, 9.17) is 0 Å². The topological polar surface area (TPSA) is 63.2 Å². The van der Waals surface area contributed by atoms with E-state index in [9.17, 15) is 14.0 Å². The molecule has 0 N–H and O–H groups in total. The highest BCUT2D eigenvalue weighted by Crippen LogP contribution is 2.25. The van der Waals surface area contributed by atoms with Gasteiger partial charge in [0.1, 0.15) is 10.8 Å². The summed E-state index contributed by atoms with van der Waals surface area (Å²) in [6, 6.07) is 7.99. The van der Waals surface area contributed by atoms with Crippen LogP contribution in [0.4, 0.5) is 10.1 Å². The minimum Gasteiger partial charge on any atom is -0.313 e. The molecule has 0 atom stereocenters. The number of amides is 1. The first kappa shape index (κ1) is 19.8. The highest BCUT2D eigenvalue weighted by atomic mass is 32.1. The summed E-state index contributed by atoms with van der Waals surface area (Å²) in [7, 11) is 1.55.